The van der Waals surface area contributed by atoms with Gasteiger partial charge in [-0.1, -0.05) is 6.07 Å². The van der Waals surface area contributed by atoms with Crippen molar-refractivity contribution in [1.29, 1.82) is 0 Å². The molecule has 38 heavy (non-hydrogen) atoms. The van der Waals surface area contributed by atoms with Crippen molar-refractivity contribution in [3.05, 3.63) is 47.0 Å². The maximum atomic E-state index is 6.46. The van der Waals surface area contributed by atoms with Gasteiger partial charge in [-0.05, 0) is 50.7 Å². The summed E-state index contributed by atoms with van der Waals surface area (Å²) in [6.07, 6.45) is 6.16. The van der Waals surface area contributed by atoms with E-state index in [1.807, 2.05) is 24.0 Å². The zero-order valence-corrected chi connectivity index (χ0v) is 22.6. The highest BCUT2D eigenvalue weighted by molar-refractivity contribution is 5.93. The summed E-state index contributed by atoms with van der Waals surface area (Å²) < 4.78 is 15.9. The van der Waals surface area contributed by atoms with Gasteiger partial charge in [-0.2, -0.15) is 15.3 Å². The van der Waals surface area contributed by atoms with Crippen LogP contribution in [0.5, 0.6) is 5.88 Å². The number of H-pyrrole nitrogens is 1. The molecule has 0 spiro atoms. The number of likely N-dealkylation sites (N-methyl/N-ethyl adjacent to an activating group) is 1. The first-order chi connectivity index (χ1) is 18.5. The minimum atomic E-state index is -0.0315. The van der Waals surface area contributed by atoms with Crippen molar-refractivity contribution in [2.45, 2.75) is 33.0 Å². The second-order valence-electron chi connectivity index (χ2n) is 10.4. The van der Waals surface area contributed by atoms with Gasteiger partial charge in [0.1, 0.15) is 6.10 Å². The number of hydrogen-bond donors (Lipinski definition) is 1. The van der Waals surface area contributed by atoms with Crippen molar-refractivity contribution in [3.8, 4) is 17.0 Å². The average Bonchev–Trinajstić information content (AvgIpc) is 3.57. The van der Waals surface area contributed by atoms with Gasteiger partial charge in [-0.3, -0.25) is 19.6 Å². The van der Waals surface area contributed by atoms with E-state index in [-0.39, 0.29) is 6.10 Å². The number of aryl methyl sites for hydroxylation is 1. The number of hydrogen-bond acceptors (Lipinski definition) is 7. The number of ether oxygens (including phenoxy) is 2. The van der Waals surface area contributed by atoms with Crippen LogP contribution in [0.4, 0.5) is 0 Å². The second kappa shape index (κ2) is 10.4. The molecule has 200 valence electrons. The van der Waals surface area contributed by atoms with Crippen LogP contribution in [0.25, 0.3) is 34.2 Å². The smallest absolute Gasteiger partial charge is 0.219 e. The van der Waals surface area contributed by atoms with Gasteiger partial charge in [0.2, 0.25) is 5.88 Å². The molecule has 2 aliphatic heterocycles. The molecule has 1 N–H and O–H groups in total. The summed E-state index contributed by atoms with van der Waals surface area (Å²) in [6.45, 7) is 11.2. The van der Waals surface area contributed by atoms with Crippen LogP contribution in [0.15, 0.2) is 24.4 Å². The molecule has 6 rings (SSSR count). The molecule has 1 atom stereocenters. The lowest BCUT2D eigenvalue weighted by atomic mass is 10.0. The minimum Gasteiger partial charge on any atom is -0.473 e. The molecule has 10 nitrogen and oxygen atoms in total. The zero-order chi connectivity index (χ0) is 26.2. The largest absolute Gasteiger partial charge is 0.473 e. The Labute approximate surface area is 222 Å². The van der Waals surface area contributed by atoms with Crippen molar-refractivity contribution in [2.24, 2.45) is 7.05 Å². The van der Waals surface area contributed by atoms with E-state index >= 15 is 0 Å². The fourth-order valence-corrected chi connectivity index (χ4v) is 5.48. The molecular weight excluding hydrogens is 480 g/mol. The van der Waals surface area contributed by atoms with Gasteiger partial charge in [-0.15, -0.1) is 0 Å². The normalized spacial score (nSPS) is 20.1. The molecule has 2 aliphatic rings. The first kappa shape index (κ1) is 24.8. The Morgan fingerprint density at radius 3 is 2.79 bits per heavy atom. The van der Waals surface area contributed by atoms with E-state index in [2.05, 4.69) is 75.0 Å². The van der Waals surface area contributed by atoms with Gasteiger partial charge >= 0.3 is 0 Å². The Hall–Kier alpha value is -3.47. The SMILES string of the molecule is Cc1c2c(nn1CCN1CCOCC1)CN(C)C[C@H](C)Oc1c(cnn1C)-c1ccc3n[nH]c(c3c1)/C=C/2. The van der Waals surface area contributed by atoms with Crippen molar-refractivity contribution in [2.75, 3.05) is 46.4 Å². The maximum Gasteiger partial charge on any atom is 0.219 e. The van der Waals surface area contributed by atoms with Crippen molar-refractivity contribution >= 4 is 23.1 Å². The molecule has 1 fully saturated rings. The molecule has 2 bridgehead atoms. The van der Waals surface area contributed by atoms with Gasteiger partial charge < -0.3 is 9.47 Å². The number of aromatic nitrogens is 6. The fourth-order valence-electron chi connectivity index (χ4n) is 5.48. The van der Waals surface area contributed by atoms with Crippen LogP contribution >= 0.6 is 0 Å². The molecule has 0 aliphatic carbocycles. The number of morpholine rings is 1. The van der Waals surface area contributed by atoms with Crippen LogP contribution in [-0.4, -0.2) is 92.1 Å². The van der Waals surface area contributed by atoms with E-state index in [4.69, 9.17) is 14.6 Å². The summed E-state index contributed by atoms with van der Waals surface area (Å²) in [5, 5.41) is 18.4. The predicted octanol–water partition coefficient (Wildman–Crippen LogP) is 3.18. The van der Waals surface area contributed by atoms with Crippen LogP contribution in [0.3, 0.4) is 0 Å². The molecule has 3 aromatic heterocycles. The summed E-state index contributed by atoms with van der Waals surface area (Å²) in [6, 6.07) is 6.29. The molecular formula is C28H36N8O2. The lowest BCUT2D eigenvalue weighted by molar-refractivity contribution is 0.0359. The Bertz CT molecular complexity index is 1460. The van der Waals surface area contributed by atoms with Crippen LogP contribution in [-0.2, 0) is 24.9 Å². The molecule has 0 saturated carbocycles. The third-order valence-electron chi connectivity index (χ3n) is 7.56. The molecule has 0 amide bonds. The molecule has 5 heterocycles. The predicted molar refractivity (Wildman–Crippen MR) is 148 cm³/mol. The van der Waals surface area contributed by atoms with Gasteiger partial charge in [0.05, 0.1) is 48.4 Å². The number of rotatable bonds is 3. The van der Waals surface area contributed by atoms with E-state index in [0.717, 1.165) is 97.3 Å². The van der Waals surface area contributed by atoms with Crippen LogP contribution in [0.1, 0.15) is 29.6 Å². The van der Waals surface area contributed by atoms with Gasteiger partial charge in [-0.25, -0.2) is 4.68 Å². The highest BCUT2D eigenvalue weighted by atomic mass is 16.5. The summed E-state index contributed by atoms with van der Waals surface area (Å²) in [4.78, 5) is 4.73. The van der Waals surface area contributed by atoms with Crippen molar-refractivity contribution < 1.29 is 9.47 Å². The summed E-state index contributed by atoms with van der Waals surface area (Å²) >= 11 is 0. The van der Waals surface area contributed by atoms with Gasteiger partial charge in [0.25, 0.3) is 0 Å². The van der Waals surface area contributed by atoms with E-state index in [0.29, 0.717) is 0 Å². The van der Waals surface area contributed by atoms with E-state index in [1.54, 1.807) is 0 Å². The standard InChI is InChI=1S/C28H36N8O2/c1-19-17-33(3)18-27-22(20(2)36(32-27)10-9-35-11-13-37-14-12-35)6-8-26-23-15-21(5-7-25(23)30-31-26)24-16-29-34(4)28(24)38-19/h5-8,15-16,19H,9-14,17-18H2,1-4H3,(H,30,31)/b8-6+/t19-/m0/s1. The number of benzene rings is 1. The van der Waals surface area contributed by atoms with Gasteiger partial charge in [0.15, 0.2) is 0 Å². The van der Waals surface area contributed by atoms with Crippen LogP contribution in [0.2, 0.25) is 0 Å². The molecule has 0 unspecified atom stereocenters. The van der Waals surface area contributed by atoms with Crippen LogP contribution in [0, 0.1) is 6.92 Å². The van der Waals surface area contributed by atoms with E-state index in [9.17, 15) is 0 Å². The number of fused-ring (bicyclic) bond motifs is 4. The van der Waals surface area contributed by atoms with Crippen molar-refractivity contribution in [1.82, 2.24) is 39.6 Å². The van der Waals surface area contributed by atoms with E-state index < -0.39 is 0 Å². The lowest BCUT2D eigenvalue weighted by Crippen LogP contribution is -2.38. The van der Waals surface area contributed by atoms with Gasteiger partial charge in [0, 0.05) is 56.4 Å². The minimum absolute atomic E-state index is 0.0315. The van der Waals surface area contributed by atoms with Crippen molar-refractivity contribution in [3.63, 3.8) is 0 Å². The Kier molecular flexibility index (Phi) is 6.77. The van der Waals surface area contributed by atoms with E-state index in [1.165, 1.54) is 5.69 Å². The zero-order valence-electron chi connectivity index (χ0n) is 22.6. The maximum absolute atomic E-state index is 6.46. The summed E-state index contributed by atoms with van der Waals surface area (Å²) in [5.41, 5.74) is 7.33. The average molecular weight is 517 g/mol. The Morgan fingerprint density at radius 1 is 1.11 bits per heavy atom. The molecule has 10 heteroatoms. The lowest BCUT2D eigenvalue weighted by Gasteiger charge is -2.26. The topological polar surface area (TPSA) is 89.3 Å². The molecule has 1 aromatic carbocycles. The monoisotopic (exact) mass is 516 g/mol. The summed E-state index contributed by atoms with van der Waals surface area (Å²) in [5.74, 6) is 0.768. The quantitative estimate of drug-likeness (QED) is 0.447. The Balaban J connectivity index is 1.39. The Morgan fingerprint density at radius 2 is 1.95 bits per heavy atom. The molecule has 4 aromatic rings. The molecule has 1 saturated heterocycles. The first-order valence-electron chi connectivity index (χ1n) is 13.4. The number of nitrogens with zero attached hydrogens (tertiary/aromatic N) is 7. The second-order valence-corrected chi connectivity index (χ2v) is 10.4. The van der Waals surface area contributed by atoms with Crippen LogP contribution < -0.4 is 4.74 Å². The third-order valence-corrected chi connectivity index (χ3v) is 7.56. The highest BCUT2D eigenvalue weighted by Crippen LogP contribution is 2.33. The molecule has 0 radical (unpaired) electrons. The summed E-state index contributed by atoms with van der Waals surface area (Å²) in [7, 11) is 4.05. The number of aromatic amines is 1. The number of nitrogens with one attached hydrogen (secondary N) is 1. The third kappa shape index (κ3) is 4.87. The highest BCUT2D eigenvalue weighted by Gasteiger charge is 2.21. The fraction of sp³-hybridized carbons (Fsp3) is 0.464. The first-order valence-corrected chi connectivity index (χ1v) is 13.4.